The van der Waals surface area contributed by atoms with Crippen LogP contribution in [0.25, 0.3) is 0 Å². The highest BCUT2D eigenvalue weighted by molar-refractivity contribution is 7.99. The second-order valence-electron chi connectivity index (χ2n) is 8.70. The Morgan fingerprint density at radius 1 is 0.889 bits per heavy atom. The van der Waals surface area contributed by atoms with E-state index in [1.807, 2.05) is 84.9 Å². The molecule has 0 aromatic heterocycles. The second-order valence-corrected chi connectivity index (χ2v) is 9.68. The van der Waals surface area contributed by atoms with Crippen LogP contribution in [-0.4, -0.2) is 42.2 Å². The summed E-state index contributed by atoms with van der Waals surface area (Å²) in [6.07, 6.45) is 2.38. The van der Waals surface area contributed by atoms with Crippen LogP contribution in [0.5, 0.6) is 5.75 Å². The van der Waals surface area contributed by atoms with Crippen LogP contribution in [0.15, 0.2) is 84.9 Å². The van der Waals surface area contributed by atoms with Crippen LogP contribution in [-0.2, 0) is 28.3 Å². The second kappa shape index (κ2) is 15.0. The number of ether oxygens (including phenoxy) is 1. The van der Waals surface area contributed by atoms with Gasteiger partial charge in [-0.2, -0.15) is 0 Å². The quantitative estimate of drug-likeness (QED) is 0.295. The maximum atomic E-state index is 13.6. The number of benzene rings is 3. The molecule has 0 bridgehead atoms. The molecule has 6 heteroatoms. The Labute approximate surface area is 219 Å². The molecule has 0 heterocycles. The maximum Gasteiger partial charge on any atom is 0.243 e. The molecule has 0 saturated carbocycles. The number of thioether (sulfide) groups is 1. The van der Waals surface area contributed by atoms with Gasteiger partial charge in [-0.15, -0.1) is 11.8 Å². The summed E-state index contributed by atoms with van der Waals surface area (Å²) in [5, 5.41) is 3.07. The van der Waals surface area contributed by atoms with Gasteiger partial charge in [-0.05, 0) is 35.2 Å². The summed E-state index contributed by atoms with van der Waals surface area (Å²) in [6, 6.07) is 27.1. The number of methoxy groups -OCH3 is 1. The van der Waals surface area contributed by atoms with Crippen molar-refractivity contribution in [1.29, 1.82) is 0 Å². The molecule has 3 aromatic carbocycles. The van der Waals surface area contributed by atoms with Crippen molar-refractivity contribution in [3.05, 3.63) is 102 Å². The van der Waals surface area contributed by atoms with E-state index < -0.39 is 6.04 Å². The van der Waals surface area contributed by atoms with Crippen LogP contribution in [0.4, 0.5) is 0 Å². The van der Waals surface area contributed by atoms with Gasteiger partial charge in [0, 0.05) is 25.3 Å². The van der Waals surface area contributed by atoms with Crippen LogP contribution in [0.2, 0.25) is 0 Å². The van der Waals surface area contributed by atoms with Crippen LogP contribution in [0.3, 0.4) is 0 Å². The molecule has 1 atom stereocenters. The average molecular weight is 505 g/mol. The Hall–Kier alpha value is -3.25. The Balaban J connectivity index is 1.78. The summed E-state index contributed by atoms with van der Waals surface area (Å²) in [6.45, 7) is 3.10. The number of carbonyl (C=O) groups excluding carboxylic acids is 2. The topological polar surface area (TPSA) is 58.6 Å². The van der Waals surface area contributed by atoms with Crippen molar-refractivity contribution < 1.29 is 14.3 Å². The molecule has 1 unspecified atom stereocenters. The Morgan fingerprint density at radius 2 is 1.53 bits per heavy atom. The minimum atomic E-state index is -0.585. The lowest BCUT2D eigenvalue weighted by atomic mass is 10.0. The van der Waals surface area contributed by atoms with Gasteiger partial charge in [0.25, 0.3) is 0 Å². The van der Waals surface area contributed by atoms with Crippen molar-refractivity contribution in [1.82, 2.24) is 10.2 Å². The molecule has 0 saturated heterocycles. The van der Waals surface area contributed by atoms with E-state index >= 15 is 0 Å². The van der Waals surface area contributed by atoms with E-state index in [1.165, 1.54) is 0 Å². The summed E-state index contributed by atoms with van der Waals surface area (Å²) in [4.78, 5) is 28.8. The third-order valence-electron chi connectivity index (χ3n) is 5.95. The van der Waals surface area contributed by atoms with Gasteiger partial charge in [0.1, 0.15) is 11.8 Å². The monoisotopic (exact) mass is 504 g/mol. The molecule has 5 nitrogen and oxygen atoms in total. The molecule has 0 aliphatic rings. The first-order chi connectivity index (χ1) is 17.6. The highest BCUT2D eigenvalue weighted by Gasteiger charge is 2.30. The lowest BCUT2D eigenvalue weighted by Gasteiger charge is -2.31. The molecule has 2 amide bonds. The fraction of sp³-hybridized carbons (Fsp3) is 0.333. The van der Waals surface area contributed by atoms with E-state index in [9.17, 15) is 9.59 Å². The predicted molar refractivity (Wildman–Crippen MR) is 148 cm³/mol. The molecule has 0 radical (unpaired) electrons. The van der Waals surface area contributed by atoms with Crippen LogP contribution in [0.1, 0.15) is 36.5 Å². The zero-order valence-corrected chi connectivity index (χ0v) is 22.0. The van der Waals surface area contributed by atoms with Crippen molar-refractivity contribution in [2.75, 3.05) is 19.4 Å². The molecule has 0 spiro atoms. The minimum Gasteiger partial charge on any atom is -0.497 e. The van der Waals surface area contributed by atoms with E-state index in [1.54, 1.807) is 23.8 Å². The summed E-state index contributed by atoms with van der Waals surface area (Å²) < 4.78 is 5.23. The number of unbranched alkanes of at least 4 members (excludes halogenated alkanes) is 1. The Bertz CT molecular complexity index is 1060. The van der Waals surface area contributed by atoms with E-state index in [2.05, 4.69) is 12.2 Å². The lowest BCUT2D eigenvalue weighted by molar-refractivity contribution is -0.139. The molecule has 0 fully saturated rings. The van der Waals surface area contributed by atoms with Gasteiger partial charge >= 0.3 is 0 Å². The number of nitrogens with one attached hydrogen (secondary N) is 1. The van der Waals surface area contributed by atoms with Gasteiger partial charge in [-0.1, -0.05) is 86.1 Å². The van der Waals surface area contributed by atoms with Crippen LogP contribution < -0.4 is 10.1 Å². The van der Waals surface area contributed by atoms with Gasteiger partial charge in [0.2, 0.25) is 11.8 Å². The van der Waals surface area contributed by atoms with E-state index in [0.29, 0.717) is 31.0 Å². The van der Waals surface area contributed by atoms with Crippen molar-refractivity contribution >= 4 is 23.6 Å². The molecular weight excluding hydrogens is 468 g/mol. The first-order valence-electron chi connectivity index (χ1n) is 12.5. The molecule has 0 aliphatic heterocycles. The lowest BCUT2D eigenvalue weighted by Crippen LogP contribution is -2.51. The largest absolute Gasteiger partial charge is 0.497 e. The zero-order valence-electron chi connectivity index (χ0n) is 21.2. The summed E-state index contributed by atoms with van der Waals surface area (Å²) in [7, 11) is 1.65. The molecule has 3 aromatic rings. The average Bonchev–Trinajstić information content (AvgIpc) is 2.92. The molecule has 0 aliphatic carbocycles. The fourth-order valence-electron chi connectivity index (χ4n) is 3.90. The van der Waals surface area contributed by atoms with Crippen molar-refractivity contribution in [3.63, 3.8) is 0 Å². The van der Waals surface area contributed by atoms with E-state index in [4.69, 9.17) is 4.74 Å². The fourth-order valence-corrected chi connectivity index (χ4v) is 4.77. The van der Waals surface area contributed by atoms with Gasteiger partial charge in [0.05, 0.1) is 12.9 Å². The number of carbonyl (C=O) groups is 2. The van der Waals surface area contributed by atoms with Gasteiger partial charge in [-0.25, -0.2) is 0 Å². The van der Waals surface area contributed by atoms with Crippen LogP contribution in [0, 0.1) is 0 Å². The number of amides is 2. The molecular formula is C30H36N2O3S. The molecule has 36 heavy (non-hydrogen) atoms. The number of nitrogens with zero attached hydrogens (tertiary/aromatic N) is 1. The number of rotatable bonds is 14. The van der Waals surface area contributed by atoms with Gasteiger partial charge < -0.3 is 15.0 Å². The highest BCUT2D eigenvalue weighted by atomic mass is 32.2. The first kappa shape index (κ1) is 27.3. The predicted octanol–water partition coefficient (Wildman–Crippen LogP) is 5.48. The molecule has 1 N–H and O–H groups in total. The van der Waals surface area contributed by atoms with Crippen molar-refractivity contribution in [2.45, 2.75) is 44.5 Å². The summed E-state index contributed by atoms with van der Waals surface area (Å²) >= 11 is 1.56. The smallest absolute Gasteiger partial charge is 0.243 e. The number of hydrogen-bond donors (Lipinski definition) is 1. The standard InChI is InChI=1S/C30H36N2O3S/c1-3-4-19-31-30(34)28(20-24-11-7-5-8-12-24)32(21-25-13-9-6-10-14-25)29(33)23-36-22-26-15-17-27(35-2)18-16-26/h5-18,28H,3-4,19-23H2,1-2H3,(H,31,34). The third kappa shape index (κ3) is 8.76. The SMILES string of the molecule is CCCCNC(=O)C(Cc1ccccc1)N(Cc1ccccc1)C(=O)CSCc1ccc(OC)cc1. The molecule has 190 valence electrons. The van der Waals surface area contributed by atoms with Gasteiger partial charge in [-0.3, -0.25) is 9.59 Å². The van der Waals surface area contributed by atoms with Crippen molar-refractivity contribution in [2.24, 2.45) is 0 Å². The zero-order chi connectivity index (χ0) is 25.6. The molecule has 3 rings (SSSR count). The van der Waals surface area contributed by atoms with Gasteiger partial charge in [0.15, 0.2) is 0 Å². The maximum absolute atomic E-state index is 13.6. The minimum absolute atomic E-state index is 0.0380. The summed E-state index contributed by atoms with van der Waals surface area (Å²) in [5.41, 5.74) is 3.16. The van der Waals surface area contributed by atoms with Crippen LogP contribution >= 0.6 is 11.8 Å². The van der Waals surface area contributed by atoms with E-state index in [0.717, 1.165) is 35.3 Å². The highest BCUT2D eigenvalue weighted by Crippen LogP contribution is 2.20. The summed E-state index contributed by atoms with van der Waals surface area (Å²) in [5.74, 6) is 1.68. The van der Waals surface area contributed by atoms with E-state index in [-0.39, 0.29) is 11.8 Å². The normalized spacial score (nSPS) is 11.5. The first-order valence-corrected chi connectivity index (χ1v) is 13.6. The Morgan fingerprint density at radius 3 is 2.14 bits per heavy atom. The third-order valence-corrected chi connectivity index (χ3v) is 6.94. The Kier molecular flexibility index (Phi) is 11.4. The number of hydrogen-bond acceptors (Lipinski definition) is 4. The van der Waals surface area contributed by atoms with Crippen molar-refractivity contribution in [3.8, 4) is 5.75 Å².